The van der Waals surface area contributed by atoms with Crippen LogP contribution in [0.5, 0.6) is 0 Å². The van der Waals surface area contributed by atoms with Gasteiger partial charge < -0.3 is 18.3 Å². The summed E-state index contributed by atoms with van der Waals surface area (Å²) in [5.41, 5.74) is 1.26. The van der Waals surface area contributed by atoms with Gasteiger partial charge in [0, 0.05) is 28.3 Å². The van der Waals surface area contributed by atoms with Crippen LogP contribution in [0.25, 0.3) is 48.0 Å². The number of benzene rings is 2. The topological polar surface area (TPSA) is 106 Å². The zero-order valence-corrected chi connectivity index (χ0v) is 31.5. The highest BCUT2D eigenvalue weighted by Gasteiger charge is 2.12. The van der Waals surface area contributed by atoms with Crippen molar-refractivity contribution in [1.29, 1.82) is 0 Å². The first-order valence-electron chi connectivity index (χ1n) is 15.9. The monoisotopic (exact) mass is 792 g/mol. The van der Waals surface area contributed by atoms with Gasteiger partial charge in [-0.25, -0.2) is 0 Å². The molecule has 0 bridgehead atoms. The average molecular weight is 794 g/mol. The summed E-state index contributed by atoms with van der Waals surface area (Å²) < 4.78 is 26.8. The van der Waals surface area contributed by atoms with Gasteiger partial charge in [-0.2, -0.15) is 0 Å². The van der Waals surface area contributed by atoms with E-state index in [-0.39, 0.29) is 31.7 Å². The number of hydrogen-bond donors (Lipinski definition) is 0. The molecule has 13 heteroatoms. The molecule has 6 rings (SSSR count). The number of carbonyl (C=O) groups excluding carboxylic acids is 1. The second-order valence-corrected chi connectivity index (χ2v) is 14.0. The predicted molar refractivity (Wildman–Crippen MR) is 216 cm³/mol. The van der Waals surface area contributed by atoms with Crippen LogP contribution in [-0.2, 0) is 27.4 Å². The minimum absolute atomic E-state index is 0. The maximum atomic E-state index is 12.6. The summed E-state index contributed by atoms with van der Waals surface area (Å²) >= 11 is 14.6. The summed E-state index contributed by atoms with van der Waals surface area (Å²) in [5.74, 6) is 2.50. The molecule has 0 aliphatic rings. The van der Waals surface area contributed by atoms with Crippen LogP contribution in [0.4, 0.5) is 0 Å². The van der Waals surface area contributed by atoms with E-state index >= 15 is 0 Å². The SMILES string of the molecule is C.C=C(Cn1c(=C)s/c(=C\c2ccc(-c3ccccc3)o2)c1=O)OCC.C=c1s/c(=C\c2ccc(-c3ccc(Cl)cc3Cl)o2)c(=O)n1CC(=O)OCC. The molecule has 0 saturated carbocycles. The lowest BCUT2D eigenvalue weighted by atomic mass is 10.2. The van der Waals surface area contributed by atoms with E-state index in [1.807, 2.05) is 49.4 Å². The zero-order chi connectivity index (χ0) is 37.4. The number of thiazole rings is 2. The van der Waals surface area contributed by atoms with E-state index in [2.05, 4.69) is 19.7 Å². The largest absolute Gasteiger partial charge is 0.497 e. The van der Waals surface area contributed by atoms with E-state index < -0.39 is 5.97 Å². The van der Waals surface area contributed by atoms with E-state index in [1.54, 1.807) is 54.0 Å². The molecular weight excluding hydrogens is 755 g/mol. The van der Waals surface area contributed by atoms with E-state index in [9.17, 15) is 14.4 Å². The normalized spacial score (nSPS) is 11.5. The first-order chi connectivity index (χ1) is 25.0. The van der Waals surface area contributed by atoms with E-state index in [0.29, 0.717) is 70.2 Å². The molecule has 0 unspecified atom stereocenters. The lowest BCUT2D eigenvalue weighted by molar-refractivity contribution is -0.143. The molecule has 0 spiro atoms. The van der Waals surface area contributed by atoms with Gasteiger partial charge in [0.2, 0.25) is 0 Å². The van der Waals surface area contributed by atoms with Crippen LogP contribution in [0.2, 0.25) is 10.0 Å². The molecule has 0 aliphatic heterocycles. The van der Waals surface area contributed by atoms with Crippen molar-refractivity contribution in [3.63, 3.8) is 0 Å². The summed E-state index contributed by atoms with van der Waals surface area (Å²) in [5, 5.41) is 1.00. The van der Waals surface area contributed by atoms with Crippen LogP contribution in [0, 0.1) is 0 Å². The number of halogens is 2. The summed E-state index contributed by atoms with van der Waals surface area (Å²) in [6, 6.07) is 22.2. The lowest BCUT2D eigenvalue weighted by Gasteiger charge is -2.06. The van der Waals surface area contributed by atoms with Crippen LogP contribution < -0.4 is 29.5 Å². The Labute approximate surface area is 323 Å². The van der Waals surface area contributed by atoms with Crippen LogP contribution in [0.3, 0.4) is 0 Å². The Morgan fingerprint density at radius 2 is 1.32 bits per heavy atom. The summed E-state index contributed by atoms with van der Waals surface area (Å²) in [6.45, 7) is 16.1. The summed E-state index contributed by atoms with van der Waals surface area (Å²) in [6.07, 6.45) is 3.35. The standard InChI is InChI=1S/C20H19NO3S.C19H15Cl2NO4S.CH4/c1-4-23-14(2)13-21-15(3)25-19(20(21)22)12-17-10-11-18(24-17)16-8-6-5-7-9-16;1-3-25-18(23)10-22-11(2)27-17(19(22)24)9-13-5-7-16(26-13)14-6-4-12(20)8-15(14)21;/h5-12H,2-4,13H2,1H3;4-9H,2-3,10H2,1H3;1H4/b19-12-;17-9-;. The molecule has 9 nitrogen and oxygen atoms in total. The molecule has 276 valence electrons. The minimum Gasteiger partial charge on any atom is -0.497 e. The smallest absolute Gasteiger partial charge is 0.326 e. The van der Waals surface area contributed by atoms with Crippen molar-refractivity contribution in [3.8, 4) is 22.6 Å². The molecule has 0 aliphatic carbocycles. The third-order valence-electron chi connectivity index (χ3n) is 7.30. The predicted octanol–water partition coefficient (Wildman–Crippen LogP) is 6.87. The molecule has 0 N–H and O–H groups in total. The quantitative estimate of drug-likeness (QED) is 0.104. The average Bonchev–Trinajstić information content (AvgIpc) is 3.89. The number of hydrogen-bond acceptors (Lipinski definition) is 9. The van der Waals surface area contributed by atoms with Crippen molar-refractivity contribution in [2.45, 2.75) is 34.4 Å². The fraction of sp³-hybridized carbons (Fsp3) is 0.175. The number of carbonyl (C=O) groups is 1. The second-order valence-electron chi connectivity index (χ2n) is 11.0. The van der Waals surface area contributed by atoms with Crippen molar-refractivity contribution in [2.75, 3.05) is 13.2 Å². The second kappa shape index (κ2) is 18.6. The number of nitrogens with zero attached hydrogens (tertiary/aromatic N) is 2. The molecular formula is C40H38Cl2N2O7S2. The van der Waals surface area contributed by atoms with E-state index in [4.69, 9.17) is 41.5 Å². The Morgan fingerprint density at radius 3 is 1.89 bits per heavy atom. The molecule has 6 aromatic rings. The number of aromatic nitrogens is 2. The third-order valence-corrected chi connectivity index (χ3v) is 9.78. The van der Waals surface area contributed by atoms with Gasteiger partial charge in [-0.1, -0.05) is 80.7 Å². The fourth-order valence-corrected chi connectivity index (χ4v) is 7.19. The molecule has 0 amide bonds. The van der Waals surface area contributed by atoms with Crippen molar-refractivity contribution >= 4 is 77.2 Å². The van der Waals surface area contributed by atoms with Gasteiger partial charge in [0.1, 0.15) is 35.3 Å². The van der Waals surface area contributed by atoms with Gasteiger partial charge in [0.15, 0.2) is 0 Å². The maximum Gasteiger partial charge on any atom is 0.326 e. The van der Waals surface area contributed by atoms with Crippen molar-refractivity contribution in [3.05, 3.63) is 146 Å². The van der Waals surface area contributed by atoms with Crippen LogP contribution in [0.15, 0.2) is 104 Å². The van der Waals surface area contributed by atoms with Crippen LogP contribution in [0.1, 0.15) is 32.8 Å². The molecule has 4 heterocycles. The highest BCUT2D eigenvalue weighted by Crippen LogP contribution is 2.31. The molecule has 0 fully saturated rings. The number of allylic oxidation sites excluding steroid dienone is 1. The number of ether oxygens (including phenoxy) is 2. The molecule has 53 heavy (non-hydrogen) atoms. The van der Waals surface area contributed by atoms with Crippen LogP contribution >= 0.6 is 45.9 Å². The van der Waals surface area contributed by atoms with Crippen molar-refractivity contribution < 1.29 is 23.1 Å². The van der Waals surface area contributed by atoms with Crippen molar-refractivity contribution in [1.82, 2.24) is 9.13 Å². The molecule has 4 aromatic heterocycles. The maximum absolute atomic E-state index is 12.6. The summed E-state index contributed by atoms with van der Waals surface area (Å²) in [7, 11) is 0. The molecule has 0 radical (unpaired) electrons. The highest BCUT2D eigenvalue weighted by molar-refractivity contribution is 7.07. The zero-order valence-electron chi connectivity index (χ0n) is 28.4. The van der Waals surface area contributed by atoms with Gasteiger partial charge in [0.25, 0.3) is 11.1 Å². The molecule has 0 saturated heterocycles. The number of esters is 1. The Hall–Kier alpha value is -5.07. The first kappa shape index (κ1) is 40.7. The fourth-order valence-electron chi connectivity index (χ4n) is 4.92. The van der Waals surface area contributed by atoms with Gasteiger partial charge in [0.05, 0.1) is 43.2 Å². The van der Waals surface area contributed by atoms with Gasteiger partial charge >= 0.3 is 5.97 Å². The Bertz CT molecular complexity index is 2560. The summed E-state index contributed by atoms with van der Waals surface area (Å²) in [4.78, 5) is 36.7. The van der Waals surface area contributed by atoms with Crippen molar-refractivity contribution in [2.24, 2.45) is 0 Å². The lowest BCUT2D eigenvalue weighted by Crippen LogP contribution is -2.34. The number of rotatable bonds is 11. The molecule has 2 aromatic carbocycles. The number of furan rings is 2. The first-order valence-corrected chi connectivity index (χ1v) is 18.3. The van der Waals surface area contributed by atoms with Gasteiger partial charge in [-0.05, 0) is 56.3 Å². The van der Waals surface area contributed by atoms with Gasteiger partial charge in [-0.15, -0.1) is 22.7 Å². The van der Waals surface area contributed by atoms with E-state index in [0.717, 1.165) is 11.3 Å². The Kier molecular flexibility index (Phi) is 14.3. The minimum atomic E-state index is -0.480. The van der Waals surface area contributed by atoms with Gasteiger partial charge in [-0.3, -0.25) is 23.5 Å². The third kappa shape index (κ3) is 10.3. The van der Waals surface area contributed by atoms with Crippen LogP contribution in [-0.4, -0.2) is 28.3 Å². The Morgan fingerprint density at radius 1 is 0.774 bits per heavy atom. The molecule has 0 atom stereocenters. The van der Waals surface area contributed by atoms with E-state index in [1.165, 1.54) is 27.2 Å². The Balaban J connectivity index is 0.000000233. The highest BCUT2D eigenvalue weighted by atomic mass is 35.5.